The molecule has 150 valence electrons. The van der Waals surface area contributed by atoms with E-state index in [1.807, 2.05) is 59.0 Å². The van der Waals surface area contributed by atoms with Gasteiger partial charge in [-0.2, -0.15) is 5.10 Å². The van der Waals surface area contributed by atoms with Crippen LogP contribution in [0.1, 0.15) is 51.8 Å². The number of carbonyl (C=O) groups is 1. The van der Waals surface area contributed by atoms with Crippen LogP contribution in [0.4, 0.5) is 0 Å². The topological polar surface area (TPSA) is 47.4 Å². The Morgan fingerprint density at radius 3 is 2.59 bits per heavy atom. The van der Waals surface area contributed by atoms with Crippen molar-refractivity contribution >= 4 is 5.91 Å². The molecule has 2 heterocycles. The summed E-state index contributed by atoms with van der Waals surface area (Å²) in [6.45, 7) is 5.54. The first-order valence-corrected chi connectivity index (χ1v) is 10.1. The molecule has 0 saturated carbocycles. The highest BCUT2D eigenvalue weighted by Crippen LogP contribution is 2.37. The number of amides is 1. The van der Waals surface area contributed by atoms with Gasteiger partial charge in [0.05, 0.1) is 25.4 Å². The number of hydrogen-bond acceptors (Lipinski definition) is 3. The van der Waals surface area contributed by atoms with Crippen molar-refractivity contribution in [2.45, 2.75) is 39.3 Å². The summed E-state index contributed by atoms with van der Waals surface area (Å²) in [5.41, 5.74) is 5.10. The molecule has 0 radical (unpaired) electrons. The standard InChI is InChI=1S/C24H27N3O2/c1-17-15-18(2)27(25-17)16-19-10-12-20(13-11-19)24(28)26-14-6-8-22(26)21-7-4-5-9-23(21)29-3/h4-5,7,9-13,15,22H,6,8,14,16H2,1-3H3. The van der Waals surface area contributed by atoms with E-state index in [0.29, 0.717) is 6.54 Å². The van der Waals surface area contributed by atoms with Gasteiger partial charge in [-0.3, -0.25) is 9.48 Å². The van der Waals surface area contributed by atoms with Gasteiger partial charge in [0.25, 0.3) is 5.91 Å². The highest BCUT2D eigenvalue weighted by molar-refractivity contribution is 5.94. The van der Waals surface area contributed by atoms with E-state index in [9.17, 15) is 4.79 Å². The maximum Gasteiger partial charge on any atom is 0.254 e. The Bertz CT molecular complexity index is 1010. The number of likely N-dealkylation sites (tertiary alicyclic amines) is 1. The van der Waals surface area contributed by atoms with Crippen LogP contribution in [-0.4, -0.2) is 34.2 Å². The molecule has 1 saturated heterocycles. The summed E-state index contributed by atoms with van der Waals surface area (Å²) in [5.74, 6) is 0.925. The van der Waals surface area contributed by atoms with E-state index in [4.69, 9.17) is 4.74 Å². The Labute approximate surface area is 171 Å². The number of benzene rings is 2. The Morgan fingerprint density at radius 2 is 1.90 bits per heavy atom. The molecule has 0 spiro atoms. The van der Waals surface area contributed by atoms with Crippen LogP contribution in [-0.2, 0) is 6.54 Å². The summed E-state index contributed by atoms with van der Waals surface area (Å²) in [6.07, 6.45) is 1.96. The first kappa shape index (κ1) is 19.2. The van der Waals surface area contributed by atoms with Crippen molar-refractivity contribution in [3.8, 4) is 5.75 Å². The minimum atomic E-state index is 0.0630. The maximum absolute atomic E-state index is 13.2. The van der Waals surface area contributed by atoms with Crippen LogP contribution in [0, 0.1) is 13.8 Å². The number of aromatic nitrogens is 2. The Kier molecular flexibility index (Phi) is 5.38. The summed E-state index contributed by atoms with van der Waals surface area (Å²) < 4.78 is 7.52. The van der Waals surface area contributed by atoms with Crippen molar-refractivity contribution in [3.63, 3.8) is 0 Å². The van der Waals surface area contributed by atoms with Gasteiger partial charge in [0.2, 0.25) is 0 Å². The Balaban J connectivity index is 1.52. The van der Waals surface area contributed by atoms with Crippen LogP contribution in [0.2, 0.25) is 0 Å². The number of hydrogen-bond donors (Lipinski definition) is 0. The minimum absolute atomic E-state index is 0.0630. The lowest BCUT2D eigenvalue weighted by Crippen LogP contribution is -2.30. The summed E-state index contributed by atoms with van der Waals surface area (Å²) in [6, 6.07) is 18.0. The van der Waals surface area contributed by atoms with Crippen LogP contribution in [0.15, 0.2) is 54.6 Å². The van der Waals surface area contributed by atoms with Gasteiger partial charge in [-0.05, 0) is 56.5 Å². The number of rotatable bonds is 5. The molecule has 2 aromatic carbocycles. The molecule has 4 rings (SSSR count). The molecule has 1 aliphatic rings. The van der Waals surface area contributed by atoms with Gasteiger partial charge in [0.1, 0.15) is 5.75 Å². The molecule has 1 fully saturated rings. The fourth-order valence-corrected chi connectivity index (χ4v) is 4.20. The number of carbonyl (C=O) groups excluding carboxylic acids is 1. The zero-order valence-electron chi connectivity index (χ0n) is 17.3. The second-order valence-corrected chi connectivity index (χ2v) is 7.68. The van der Waals surface area contributed by atoms with Gasteiger partial charge in [0.15, 0.2) is 0 Å². The molecule has 29 heavy (non-hydrogen) atoms. The van der Waals surface area contributed by atoms with Crippen molar-refractivity contribution in [1.29, 1.82) is 0 Å². The first-order chi connectivity index (χ1) is 14.1. The van der Waals surface area contributed by atoms with Crippen LogP contribution in [0.3, 0.4) is 0 Å². The van der Waals surface area contributed by atoms with E-state index in [2.05, 4.69) is 24.2 Å². The highest BCUT2D eigenvalue weighted by Gasteiger charge is 2.32. The van der Waals surface area contributed by atoms with E-state index in [1.165, 1.54) is 0 Å². The van der Waals surface area contributed by atoms with Gasteiger partial charge < -0.3 is 9.64 Å². The van der Waals surface area contributed by atoms with Crippen molar-refractivity contribution in [1.82, 2.24) is 14.7 Å². The molecule has 3 aromatic rings. The number of para-hydroxylation sites is 1. The number of aryl methyl sites for hydroxylation is 2. The molecule has 1 aliphatic heterocycles. The summed E-state index contributed by atoms with van der Waals surface area (Å²) in [4.78, 5) is 15.2. The third-order valence-corrected chi connectivity index (χ3v) is 5.65. The lowest BCUT2D eigenvalue weighted by molar-refractivity contribution is 0.0734. The largest absolute Gasteiger partial charge is 0.496 e. The van der Waals surface area contributed by atoms with Crippen molar-refractivity contribution in [2.75, 3.05) is 13.7 Å². The molecule has 5 nitrogen and oxygen atoms in total. The van der Waals surface area contributed by atoms with Crippen LogP contribution in [0.5, 0.6) is 5.75 Å². The third kappa shape index (κ3) is 3.90. The van der Waals surface area contributed by atoms with Crippen molar-refractivity contribution in [2.24, 2.45) is 0 Å². The van der Waals surface area contributed by atoms with Crippen LogP contribution in [0.25, 0.3) is 0 Å². The zero-order valence-corrected chi connectivity index (χ0v) is 17.3. The van der Waals surface area contributed by atoms with E-state index >= 15 is 0 Å². The van der Waals surface area contributed by atoms with E-state index in [1.54, 1.807) is 7.11 Å². The van der Waals surface area contributed by atoms with Gasteiger partial charge in [0, 0.05) is 23.4 Å². The van der Waals surface area contributed by atoms with E-state index in [0.717, 1.165) is 53.2 Å². The monoisotopic (exact) mass is 389 g/mol. The number of nitrogens with zero attached hydrogens (tertiary/aromatic N) is 3. The van der Waals surface area contributed by atoms with Crippen molar-refractivity contribution in [3.05, 3.63) is 82.7 Å². The summed E-state index contributed by atoms with van der Waals surface area (Å²) in [5, 5.41) is 4.52. The molecule has 1 atom stereocenters. The SMILES string of the molecule is COc1ccccc1C1CCCN1C(=O)c1ccc(Cn2nc(C)cc2C)cc1. The van der Waals surface area contributed by atoms with Gasteiger partial charge >= 0.3 is 0 Å². The fraction of sp³-hybridized carbons (Fsp3) is 0.333. The van der Waals surface area contributed by atoms with Crippen molar-refractivity contribution < 1.29 is 9.53 Å². The third-order valence-electron chi connectivity index (χ3n) is 5.65. The molecular weight excluding hydrogens is 362 g/mol. The lowest BCUT2D eigenvalue weighted by atomic mass is 10.0. The van der Waals surface area contributed by atoms with Crippen LogP contribution >= 0.6 is 0 Å². The zero-order chi connectivity index (χ0) is 20.4. The molecule has 0 aliphatic carbocycles. The maximum atomic E-state index is 13.2. The molecule has 0 N–H and O–H groups in total. The predicted octanol–water partition coefficient (Wildman–Crippen LogP) is 4.53. The summed E-state index contributed by atoms with van der Waals surface area (Å²) >= 11 is 0. The van der Waals surface area contributed by atoms with Gasteiger partial charge in [-0.25, -0.2) is 0 Å². The molecule has 1 amide bonds. The number of methoxy groups -OCH3 is 1. The smallest absolute Gasteiger partial charge is 0.254 e. The van der Waals surface area contributed by atoms with Gasteiger partial charge in [-0.1, -0.05) is 30.3 Å². The molecule has 5 heteroatoms. The van der Waals surface area contributed by atoms with E-state index in [-0.39, 0.29) is 11.9 Å². The fourth-order valence-electron chi connectivity index (χ4n) is 4.20. The Morgan fingerprint density at radius 1 is 1.14 bits per heavy atom. The normalized spacial score (nSPS) is 16.2. The quantitative estimate of drug-likeness (QED) is 0.644. The second kappa shape index (κ2) is 8.11. The first-order valence-electron chi connectivity index (χ1n) is 10.1. The van der Waals surface area contributed by atoms with Gasteiger partial charge in [-0.15, -0.1) is 0 Å². The number of ether oxygens (including phenoxy) is 1. The van der Waals surface area contributed by atoms with E-state index < -0.39 is 0 Å². The predicted molar refractivity (Wildman–Crippen MR) is 113 cm³/mol. The molecule has 1 aromatic heterocycles. The molecule has 1 unspecified atom stereocenters. The molecular formula is C24H27N3O2. The average molecular weight is 389 g/mol. The molecule has 0 bridgehead atoms. The second-order valence-electron chi connectivity index (χ2n) is 7.68. The van der Waals surface area contributed by atoms with Crippen LogP contribution < -0.4 is 4.74 Å². The highest BCUT2D eigenvalue weighted by atomic mass is 16.5. The summed E-state index contributed by atoms with van der Waals surface area (Å²) in [7, 11) is 1.68. The lowest BCUT2D eigenvalue weighted by Gasteiger charge is -2.26. The Hall–Kier alpha value is -3.08. The average Bonchev–Trinajstić information content (AvgIpc) is 3.34. The minimum Gasteiger partial charge on any atom is -0.496 e.